The Labute approximate surface area is 199 Å². The van der Waals surface area contributed by atoms with Crippen LogP contribution in [0.5, 0.6) is 0 Å². The maximum absolute atomic E-state index is 12.5. The van der Waals surface area contributed by atoms with E-state index >= 15 is 0 Å². The first-order valence-electron chi connectivity index (χ1n) is 12.3. The van der Waals surface area contributed by atoms with Gasteiger partial charge in [0.25, 0.3) is 5.91 Å². The van der Waals surface area contributed by atoms with Crippen LogP contribution in [0.2, 0.25) is 0 Å². The van der Waals surface area contributed by atoms with Crippen LogP contribution in [-0.4, -0.2) is 60.4 Å². The quantitative estimate of drug-likeness (QED) is 0.427. The molecule has 1 heterocycles. The summed E-state index contributed by atoms with van der Waals surface area (Å²) >= 11 is 0. The Morgan fingerprint density at radius 2 is 1.73 bits per heavy atom. The number of rotatable bonds is 10. The van der Waals surface area contributed by atoms with E-state index in [-0.39, 0.29) is 5.91 Å². The lowest BCUT2D eigenvalue weighted by Gasteiger charge is -2.25. The summed E-state index contributed by atoms with van der Waals surface area (Å²) in [4.78, 5) is 21.7. The molecule has 33 heavy (non-hydrogen) atoms. The van der Waals surface area contributed by atoms with E-state index in [4.69, 9.17) is 4.99 Å². The second-order valence-corrected chi connectivity index (χ2v) is 8.50. The molecule has 0 aliphatic carbocycles. The molecule has 0 saturated carbocycles. The summed E-state index contributed by atoms with van der Waals surface area (Å²) < 4.78 is 0. The molecule has 1 fully saturated rings. The van der Waals surface area contributed by atoms with Crippen LogP contribution in [0, 0.1) is 0 Å². The van der Waals surface area contributed by atoms with Crippen molar-refractivity contribution in [2.75, 3.05) is 32.7 Å². The predicted octanol–water partition coefficient (Wildman–Crippen LogP) is 3.89. The molecule has 1 saturated heterocycles. The average molecular weight is 450 g/mol. The van der Waals surface area contributed by atoms with Crippen LogP contribution in [0.25, 0.3) is 0 Å². The van der Waals surface area contributed by atoms with Gasteiger partial charge in [0.05, 0.1) is 6.54 Å². The molecule has 1 unspecified atom stereocenters. The lowest BCUT2D eigenvalue weighted by Crippen LogP contribution is -2.44. The zero-order valence-corrected chi connectivity index (χ0v) is 20.4. The van der Waals surface area contributed by atoms with Crippen LogP contribution >= 0.6 is 0 Å². The van der Waals surface area contributed by atoms with Gasteiger partial charge in [0.15, 0.2) is 5.96 Å². The largest absolute Gasteiger partial charge is 0.357 e. The minimum Gasteiger partial charge on any atom is -0.357 e. The van der Waals surface area contributed by atoms with Crippen LogP contribution < -0.4 is 10.6 Å². The number of benzene rings is 2. The van der Waals surface area contributed by atoms with Crippen LogP contribution in [-0.2, 0) is 13.1 Å². The van der Waals surface area contributed by atoms with Crippen molar-refractivity contribution < 1.29 is 4.79 Å². The Morgan fingerprint density at radius 3 is 2.39 bits per heavy atom. The first-order valence-corrected chi connectivity index (χ1v) is 12.3. The number of carbonyl (C=O) groups is 1. The molecule has 0 aromatic heterocycles. The summed E-state index contributed by atoms with van der Waals surface area (Å²) in [5.74, 6) is 0.925. The van der Waals surface area contributed by atoms with E-state index in [1.165, 1.54) is 18.4 Å². The summed E-state index contributed by atoms with van der Waals surface area (Å²) in [6.45, 7) is 12.0. The average Bonchev–Trinajstić information content (AvgIpc) is 3.29. The number of guanidine groups is 1. The first-order chi connectivity index (χ1) is 16.1. The molecule has 2 aromatic rings. The normalized spacial score (nSPS) is 16.6. The molecule has 178 valence electrons. The molecule has 1 amide bonds. The van der Waals surface area contributed by atoms with E-state index in [2.05, 4.69) is 52.8 Å². The van der Waals surface area contributed by atoms with Crippen molar-refractivity contribution in [1.29, 1.82) is 0 Å². The highest BCUT2D eigenvalue weighted by Crippen LogP contribution is 2.19. The van der Waals surface area contributed by atoms with Crippen LogP contribution in [0.3, 0.4) is 0 Å². The van der Waals surface area contributed by atoms with Crippen molar-refractivity contribution in [2.45, 2.75) is 52.7 Å². The number of likely N-dealkylation sites (tertiary alicyclic amines) is 1. The van der Waals surface area contributed by atoms with Crippen molar-refractivity contribution in [3.05, 3.63) is 71.3 Å². The number of hydrogen-bond acceptors (Lipinski definition) is 3. The minimum atomic E-state index is 0.0849. The highest BCUT2D eigenvalue weighted by atomic mass is 16.2. The van der Waals surface area contributed by atoms with E-state index < -0.39 is 0 Å². The Balaban J connectivity index is 1.55. The maximum atomic E-state index is 12.5. The van der Waals surface area contributed by atoms with Crippen LogP contribution in [0.4, 0.5) is 0 Å². The molecule has 0 spiro atoms. The molecule has 1 aliphatic rings. The molecule has 2 aromatic carbocycles. The van der Waals surface area contributed by atoms with E-state index in [1.54, 1.807) is 0 Å². The standard InChI is InChI=1S/C27H39N5O/c1-4-28-27(29-19-22-14-16-24(17-15-22)26(33)31(5-2)6-3)30-20-25-13-10-18-32(25)21-23-11-8-7-9-12-23/h7-9,11-12,14-17,25H,4-6,10,13,18-21H2,1-3H3,(H2,28,29,30). The van der Waals surface area contributed by atoms with Crippen LogP contribution in [0.15, 0.2) is 59.6 Å². The van der Waals surface area contributed by atoms with E-state index in [1.807, 2.05) is 43.0 Å². The fraction of sp³-hybridized carbons (Fsp3) is 0.481. The van der Waals surface area contributed by atoms with Crippen LogP contribution in [0.1, 0.15) is 55.1 Å². The third-order valence-electron chi connectivity index (χ3n) is 6.25. The summed E-state index contributed by atoms with van der Waals surface area (Å²) in [7, 11) is 0. The molecular weight excluding hydrogens is 410 g/mol. The zero-order chi connectivity index (χ0) is 23.5. The molecule has 0 bridgehead atoms. The smallest absolute Gasteiger partial charge is 0.253 e. The molecular formula is C27H39N5O. The number of hydrogen-bond donors (Lipinski definition) is 2. The van der Waals surface area contributed by atoms with Gasteiger partial charge >= 0.3 is 0 Å². The van der Waals surface area contributed by atoms with Gasteiger partial charge < -0.3 is 15.5 Å². The molecule has 3 rings (SSSR count). The van der Waals surface area contributed by atoms with Gasteiger partial charge in [-0.1, -0.05) is 42.5 Å². The third-order valence-corrected chi connectivity index (χ3v) is 6.25. The highest BCUT2D eigenvalue weighted by Gasteiger charge is 2.24. The zero-order valence-electron chi connectivity index (χ0n) is 20.4. The fourth-order valence-corrected chi connectivity index (χ4v) is 4.33. The van der Waals surface area contributed by atoms with Gasteiger partial charge in [-0.2, -0.15) is 0 Å². The molecule has 6 nitrogen and oxygen atoms in total. The van der Waals surface area contributed by atoms with Crippen molar-refractivity contribution in [1.82, 2.24) is 20.4 Å². The number of aliphatic imine (C=N–C) groups is 1. The van der Waals surface area contributed by atoms with Crippen molar-refractivity contribution in [3.63, 3.8) is 0 Å². The number of amides is 1. The lowest BCUT2D eigenvalue weighted by atomic mass is 10.1. The third kappa shape index (κ3) is 7.32. The predicted molar refractivity (Wildman–Crippen MR) is 136 cm³/mol. The molecule has 1 aliphatic heterocycles. The summed E-state index contributed by atoms with van der Waals surface area (Å²) in [5, 5.41) is 6.91. The summed E-state index contributed by atoms with van der Waals surface area (Å²) in [6.07, 6.45) is 2.45. The number of nitrogens with zero attached hydrogens (tertiary/aromatic N) is 3. The van der Waals surface area contributed by atoms with Gasteiger partial charge in [-0.25, -0.2) is 4.99 Å². The number of carbonyl (C=O) groups excluding carboxylic acids is 1. The Bertz CT molecular complexity index is 877. The fourth-order valence-electron chi connectivity index (χ4n) is 4.33. The van der Waals surface area contributed by atoms with Gasteiger partial charge in [0.2, 0.25) is 0 Å². The maximum Gasteiger partial charge on any atom is 0.253 e. The lowest BCUT2D eigenvalue weighted by molar-refractivity contribution is 0.0773. The van der Waals surface area contributed by atoms with Crippen molar-refractivity contribution >= 4 is 11.9 Å². The van der Waals surface area contributed by atoms with Gasteiger partial charge in [-0.3, -0.25) is 9.69 Å². The number of nitrogens with one attached hydrogen (secondary N) is 2. The molecule has 0 radical (unpaired) electrons. The Hall–Kier alpha value is -2.86. The van der Waals surface area contributed by atoms with E-state index in [0.717, 1.165) is 56.4 Å². The minimum absolute atomic E-state index is 0.0849. The summed E-state index contributed by atoms with van der Waals surface area (Å²) in [5.41, 5.74) is 3.19. The highest BCUT2D eigenvalue weighted by molar-refractivity contribution is 5.94. The topological polar surface area (TPSA) is 60.0 Å². The van der Waals surface area contributed by atoms with Gasteiger partial charge in [-0.15, -0.1) is 0 Å². The van der Waals surface area contributed by atoms with Gasteiger partial charge in [0, 0.05) is 44.3 Å². The second-order valence-electron chi connectivity index (χ2n) is 8.50. The Kier molecular flexibility index (Phi) is 9.76. The Morgan fingerprint density at radius 1 is 1.00 bits per heavy atom. The van der Waals surface area contributed by atoms with Crippen molar-refractivity contribution in [3.8, 4) is 0 Å². The molecule has 6 heteroatoms. The SMILES string of the molecule is CCNC(=NCc1ccc(C(=O)N(CC)CC)cc1)NCC1CCCN1Cc1ccccc1. The van der Waals surface area contributed by atoms with Crippen molar-refractivity contribution in [2.24, 2.45) is 4.99 Å². The van der Waals surface area contributed by atoms with Gasteiger partial charge in [0.1, 0.15) is 0 Å². The molecule has 2 N–H and O–H groups in total. The van der Waals surface area contributed by atoms with Gasteiger partial charge in [-0.05, 0) is 63.4 Å². The van der Waals surface area contributed by atoms with E-state index in [9.17, 15) is 4.79 Å². The second kappa shape index (κ2) is 13.0. The summed E-state index contributed by atoms with van der Waals surface area (Å²) in [6, 6.07) is 19.0. The molecule has 1 atom stereocenters. The monoisotopic (exact) mass is 449 g/mol. The first kappa shape index (κ1) is 24.8. The van der Waals surface area contributed by atoms with E-state index in [0.29, 0.717) is 12.6 Å².